The smallest absolute Gasteiger partial charge is 0.350 e. The highest BCUT2D eigenvalue weighted by Crippen LogP contribution is 2.34. The highest BCUT2D eigenvalue weighted by molar-refractivity contribution is 6.05. The van der Waals surface area contributed by atoms with Crippen LogP contribution >= 0.6 is 0 Å². The molecular formula is C22H22F3N3O4. The van der Waals surface area contributed by atoms with E-state index >= 15 is 8.78 Å². The first-order valence-corrected chi connectivity index (χ1v) is 9.87. The van der Waals surface area contributed by atoms with Gasteiger partial charge in [0.2, 0.25) is 0 Å². The molecule has 170 valence electrons. The topological polar surface area (TPSA) is 113 Å². The number of halogens is 3. The molecule has 0 atom stereocenters. The Kier molecular flexibility index (Phi) is 6.54. The van der Waals surface area contributed by atoms with Gasteiger partial charge in [-0.1, -0.05) is 6.07 Å². The number of piperidine rings is 1. The van der Waals surface area contributed by atoms with Gasteiger partial charge >= 0.3 is 5.92 Å². The van der Waals surface area contributed by atoms with Gasteiger partial charge in [-0.25, -0.2) is 4.39 Å². The average molecular weight is 449 g/mol. The van der Waals surface area contributed by atoms with E-state index in [-0.39, 0.29) is 42.7 Å². The van der Waals surface area contributed by atoms with Gasteiger partial charge in [0.25, 0.3) is 17.7 Å². The number of primary amides is 1. The molecule has 1 saturated heterocycles. The Hall–Kier alpha value is -3.40. The molecule has 1 fully saturated rings. The summed E-state index contributed by atoms with van der Waals surface area (Å²) in [6.07, 6.45) is -0.189. The van der Waals surface area contributed by atoms with Crippen LogP contribution in [0.2, 0.25) is 0 Å². The van der Waals surface area contributed by atoms with Crippen molar-refractivity contribution in [2.24, 2.45) is 5.73 Å². The third kappa shape index (κ3) is 4.75. The molecule has 7 nitrogen and oxygen atoms in total. The second-order valence-corrected chi connectivity index (χ2v) is 7.64. The van der Waals surface area contributed by atoms with Crippen molar-refractivity contribution in [1.29, 1.82) is 0 Å². The van der Waals surface area contributed by atoms with Crippen molar-refractivity contribution >= 4 is 23.4 Å². The number of aryl methyl sites for hydroxylation is 1. The molecule has 10 heteroatoms. The van der Waals surface area contributed by atoms with Crippen LogP contribution in [0.3, 0.4) is 0 Å². The van der Waals surface area contributed by atoms with Gasteiger partial charge in [0, 0.05) is 29.9 Å². The zero-order valence-corrected chi connectivity index (χ0v) is 17.2. The lowest BCUT2D eigenvalue weighted by Gasteiger charge is -2.32. The zero-order chi connectivity index (χ0) is 23.6. The Morgan fingerprint density at radius 1 is 1.12 bits per heavy atom. The monoisotopic (exact) mass is 449 g/mol. The van der Waals surface area contributed by atoms with Crippen molar-refractivity contribution in [1.82, 2.24) is 4.90 Å². The number of anilines is 1. The van der Waals surface area contributed by atoms with Gasteiger partial charge in [-0.05, 0) is 55.7 Å². The van der Waals surface area contributed by atoms with Gasteiger partial charge in [0.15, 0.2) is 0 Å². The number of hydrogen-bond donors (Lipinski definition) is 3. The number of likely N-dealkylation sites (tertiary alicyclic amines) is 1. The molecule has 0 aromatic heterocycles. The number of nitrogens with two attached hydrogens (primary N) is 1. The lowest BCUT2D eigenvalue weighted by atomic mass is 9.97. The molecule has 3 rings (SSSR count). The second-order valence-electron chi connectivity index (χ2n) is 7.64. The van der Waals surface area contributed by atoms with Crippen LogP contribution in [0.1, 0.15) is 44.7 Å². The predicted octanol–water partition coefficient (Wildman–Crippen LogP) is 2.56. The number of amides is 3. The highest BCUT2D eigenvalue weighted by atomic mass is 19.3. The van der Waals surface area contributed by atoms with Crippen LogP contribution in [0.4, 0.5) is 18.9 Å². The average Bonchev–Trinajstić information content (AvgIpc) is 2.75. The maximum Gasteiger partial charge on any atom is 0.350 e. The van der Waals surface area contributed by atoms with Crippen LogP contribution in [0, 0.1) is 12.7 Å². The van der Waals surface area contributed by atoms with E-state index in [4.69, 9.17) is 5.73 Å². The van der Waals surface area contributed by atoms with Crippen LogP contribution in [0.5, 0.6) is 0 Å². The fourth-order valence-corrected chi connectivity index (χ4v) is 3.48. The molecule has 1 heterocycles. The predicted molar refractivity (Wildman–Crippen MR) is 110 cm³/mol. The maximum atomic E-state index is 15.1. The van der Waals surface area contributed by atoms with Crippen molar-refractivity contribution in [2.75, 3.05) is 18.4 Å². The molecule has 0 aliphatic carbocycles. The summed E-state index contributed by atoms with van der Waals surface area (Å²) < 4.78 is 43.8. The molecule has 2 aromatic carbocycles. The summed E-state index contributed by atoms with van der Waals surface area (Å²) in [6, 6.07) is 6.71. The summed E-state index contributed by atoms with van der Waals surface area (Å²) in [4.78, 5) is 37.4. The van der Waals surface area contributed by atoms with E-state index in [1.54, 1.807) is 0 Å². The Balaban J connectivity index is 1.84. The third-order valence-corrected chi connectivity index (χ3v) is 5.35. The van der Waals surface area contributed by atoms with E-state index in [0.29, 0.717) is 0 Å². The molecule has 0 bridgehead atoms. The number of nitrogens with zero attached hydrogens (tertiary/aromatic N) is 1. The minimum absolute atomic E-state index is 0.0155. The Bertz CT molecular complexity index is 1070. The molecule has 1 aliphatic heterocycles. The normalized spacial score (nSPS) is 14.8. The van der Waals surface area contributed by atoms with Crippen molar-refractivity contribution in [2.45, 2.75) is 31.8 Å². The first-order chi connectivity index (χ1) is 15.0. The number of rotatable bonds is 5. The molecule has 0 saturated carbocycles. The van der Waals surface area contributed by atoms with Crippen molar-refractivity contribution in [3.8, 4) is 0 Å². The van der Waals surface area contributed by atoms with Crippen LogP contribution in [0.25, 0.3) is 0 Å². The van der Waals surface area contributed by atoms with Crippen molar-refractivity contribution < 1.29 is 32.7 Å². The number of benzene rings is 2. The Morgan fingerprint density at radius 3 is 2.41 bits per heavy atom. The van der Waals surface area contributed by atoms with Crippen molar-refractivity contribution in [3.05, 3.63) is 64.5 Å². The highest BCUT2D eigenvalue weighted by Gasteiger charge is 2.45. The van der Waals surface area contributed by atoms with E-state index in [0.717, 1.165) is 23.1 Å². The molecule has 0 spiro atoms. The van der Waals surface area contributed by atoms with E-state index in [2.05, 4.69) is 5.32 Å². The number of alkyl halides is 2. The van der Waals surface area contributed by atoms with Gasteiger partial charge in [0.1, 0.15) is 5.82 Å². The Morgan fingerprint density at radius 2 is 1.78 bits per heavy atom. The molecule has 1 aliphatic rings. The van der Waals surface area contributed by atoms with Gasteiger partial charge in [-0.3, -0.25) is 14.4 Å². The van der Waals surface area contributed by atoms with Crippen LogP contribution in [-0.4, -0.2) is 46.9 Å². The van der Waals surface area contributed by atoms with Crippen molar-refractivity contribution in [3.63, 3.8) is 0 Å². The molecule has 0 radical (unpaired) electrons. The number of carbonyl (C=O) groups is 3. The van der Waals surface area contributed by atoms with E-state index < -0.39 is 46.7 Å². The van der Waals surface area contributed by atoms with Gasteiger partial charge < -0.3 is 21.1 Å². The summed E-state index contributed by atoms with van der Waals surface area (Å²) in [7, 11) is 0. The summed E-state index contributed by atoms with van der Waals surface area (Å²) in [5.41, 5.74) is 4.04. The van der Waals surface area contributed by atoms with Gasteiger partial charge in [-0.15, -0.1) is 0 Å². The first-order valence-electron chi connectivity index (χ1n) is 9.87. The fourth-order valence-electron chi connectivity index (χ4n) is 3.48. The second kappa shape index (κ2) is 8.99. The molecule has 32 heavy (non-hydrogen) atoms. The minimum atomic E-state index is -3.88. The molecule has 0 unspecified atom stereocenters. The van der Waals surface area contributed by atoms with Crippen LogP contribution < -0.4 is 11.1 Å². The minimum Gasteiger partial charge on any atom is -0.393 e. The number of hydrogen-bond acceptors (Lipinski definition) is 4. The summed E-state index contributed by atoms with van der Waals surface area (Å²) >= 11 is 0. The molecule has 3 amide bonds. The van der Waals surface area contributed by atoms with Gasteiger partial charge in [-0.2, -0.15) is 8.78 Å². The SMILES string of the molecule is Cc1ccc(C(=O)Nc2ccc(F)c(C(N)=O)c2)cc1C(F)(F)C(=O)N1CCC(O)CC1. The summed E-state index contributed by atoms with van der Waals surface area (Å²) in [5.74, 6) is -7.96. The number of nitrogens with one attached hydrogen (secondary N) is 1. The lowest BCUT2D eigenvalue weighted by molar-refractivity contribution is -0.161. The summed E-state index contributed by atoms with van der Waals surface area (Å²) in [6.45, 7) is 1.43. The number of aliphatic hydroxyl groups is 1. The fraction of sp³-hybridized carbons (Fsp3) is 0.318. The third-order valence-electron chi connectivity index (χ3n) is 5.35. The Labute approximate surface area is 182 Å². The van der Waals surface area contributed by atoms with E-state index in [1.807, 2.05) is 0 Å². The zero-order valence-electron chi connectivity index (χ0n) is 17.2. The maximum absolute atomic E-state index is 15.1. The lowest BCUT2D eigenvalue weighted by Crippen LogP contribution is -2.47. The summed E-state index contributed by atoms with van der Waals surface area (Å²) in [5, 5.41) is 11.9. The van der Waals surface area contributed by atoms with Gasteiger partial charge in [0.05, 0.1) is 11.7 Å². The molecule has 4 N–H and O–H groups in total. The van der Waals surface area contributed by atoms with Crippen LogP contribution in [0.15, 0.2) is 36.4 Å². The quantitative estimate of drug-likeness (QED) is 0.651. The van der Waals surface area contributed by atoms with E-state index in [1.165, 1.54) is 25.1 Å². The molecular weight excluding hydrogens is 427 g/mol. The van der Waals surface area contributed by atoms with E-state index in [9.17, 15) is 23.9 Å². The largest absolute Gasteiger partial charge is 0.393 e. The first kappa shape index (κ1) is 23.3. The molecule has 2 aromatic rings. The number of carbonyl (C=O) groups excluding carboxylic acids is 3. The van der Waals surface area contributed by atoms with Crippen LogP contribution in [-0.2, 0) is 10.7 Å². The number of aliphatic hydroxyl groups excluding tert-OH is 1. The standard InChI is InChI=1S/C22H22F3N3O4/c1-12-2-3-13(20(31)27-14-4-5-18(23)16(11-14)19(26)30)10-17(12)22(24,25)21(32)28-8-6-15(29)7-9-28/h2-5,10-11,15,29H,6-9H2,1H3,(H2,26,30)(H,27,31).